The fourth-order valence-electron chi connectivity index (χ4n) is 3.01. The number of carbonyl (C=O) groups is 1. The van der Waals surface area contributed by atoms with Gasteiger partial charge >= 0.3 is 0 Å². The van der Waals surface area contributed by atoms with Crippen LogP contribution in [-0.2, 0) is 0 Å². The molecular weight excluding hydrogens is 326 g/mol. The number of nitrogens with one attached hydrogen (secondary N) is 2. The number of hydrogen-bond acceptors (Lipinski definition) is 3. The first-order valence-electron chi connectivity index (χ1n) is 8.43. The third-order valence-electron chi connectivity index (χ3n) is 4.31. The van der Waals surface area contributed by atoms with Gasteiger partial charge in [-0.15, -0.1) is 0 Å². The summed E-state index contributed by atoms with van der Waals surface area (Å²) in [7, 11) is 0. The van der Waals surface area contributed by atoms with Crippen molar-refractivity contribution >= 4 is 5.91 Å². The van der Waals surface area contributed by atoms with Crippen LogP contribution in [0.15, 0.2) is 59.7 Å². The van der Waals surface area contributed by atoms with Crippen LogP contribution in [0, 0.1) is 20.8 Å². The minimum Gasteiger partial charge on any atom is -0.362 e. The van der Waals surface area contributed by atoms with Crippen molar-refractivity contribution in [1.82, 2.24) is 15.3 Å². The summed E-state index contributed by atoms with van der Waals surface area (Å²) in [6.07, 6.45) is 3.37. The molecule has 0 unspecified atom stereocenters. The van der Waals surface area contributed by atoms with Crippen molar-refractivity contribution in [1.29, 1.82) is 0 Å². The van der Waals surface area contributed by atoms with E-state index in [1.807, 2.05) is 43.3 Å². The van der Waals surface area contributed by atoms with Crippen LogP contribution in [0.1, 0.15) is 44.5 Å². The Hall–Kier alpha value is -3.21. The molecule has 5 heteroatoms. The molecule has 2 N–H and O–H groups in total. The van der Waals surface area contributed by atoms with Gasteiger partial charge in [0.2, 0.25) is 0 Å². The largest absolute Gasteiger partial charge is 0.362 e. The minimum atomic E-state index is -0.397. The molecule has 1 aromatic carbocycles. The molecule has 1 atom stereocenters. The predicted octanol–water partition coefficient (Wildman–Crippen LogP) is 3.21. The van der Waals surface area contributed by atoms with Crippen molar-refractivity contribution < 1.29 is 4.79 Å². The Kier molecular flexibility index (Phi) is 4.98. The van der Waals surface area contributed by atoms with Crippen molar-refractivity contribution in [2.24, 2.45) is 0 Å². The van der Waals surface area contributed by atoms with Crippen LogP contribution in [-0.4, -0.2) is 15.9 Å². The van der Waals surface area contributed by atoms with Gasteiger partial charge in [0.05, 0.1) is 6.04 Å². The van der Waals surface area contributed by atoms with Gasteiger partial charge in [-0.05, 0) is 44.0 Å². The molecule has 0 spiro atoms. The highest BCUT2D eigenvalue weighted by molar-refractivity contribution is 5.95. The summed E-state index contributed by atoms with van der Waals surface area (Å²) in [6.45, 7) is 5.54. The van der Waals surface area contributed by atoms with E-state index in [4.69, 9.17) is 0 Å². The lowest BCUT2D eigenvalue weighted by Gasteiger charge is -2.20. The van der Waals surface area contributed by atoms with E-state index in [1.54, 1.807) is 26.2 Å². The standard InChI is InChI=1S/C21H21N3O2/c1-13-4-6-16(7-5-13)20(17-8-10-22-11-9-17)24-21(26)19-15(3)23-14(2)12-18(19)25/h4-12,20H,1-3H3,(H,23,25)(H,24,26)/t20-/m1/s1. The van der Waals surface area contributed by atoms with Gasteiger partial charge in [-0.25, -0.2) is 0 Å². The first-order chi connectivity index (χ1) is 12.5. The highest BCUT2D eigenvalue weighted by Gasteiger charge is 2.21. The average Bonchev–Trinajstić information content (AvgIpc) is 2.60. The Morgan fingerprint density at radius 1 is 1.00 bits per heavy atom. The molecule has 0 saturated carbocycles. The van der Waals surface area contributed by atoms with Gasteiger partial charge in [0.25, 0.3) is 5.91 Å². The molecule has 3 rings (SSSR count). The van der Waals surface area contributed by atoms with E-state index in [1.165, 1.54) is 6.07 Å². The molecule has 26 heavy (non-hydrogen) atoms. The number of aromatic amines is 1. The van der Waals surface area contributed by atoms with Crippen LogP contribution in [0.2, 0.25) is 0 Å². The molecule has 5 nitrogen and oxygen atoms in total. The van der Waals surface area contributed by atoms with E-state index in [2.05, 4.69) is 15.3 Å². The lowest BCUT2D eigenvalue weighted by Crippen LogP contribution is -2.33. The third-order valence-corrected chi connectivity index (χ3v) is 4.31. The molecule has 3 aromatic rings. The number of carbonyl (C=O) groups excluding carboxylic acids is 1. The van der Waals surface area contributed by atoms with Crippen LogP contribution in [0.4, 0.5) is 0 Å². The minimum absolute atomic E-state index is 0.141. The van der Waals surface area contributed by atoms with E-state index in [0.29, 0.717) is 5.69 Å². The number of benzene rings is 1. The van der Waals surface area contributed by atoms with Crippen molar-refractivity contribution in [3.05, 3.63) is 98.7 Å². The highest BCUT2D eigenvalue weighted by atomic mass is 16.2. The monoisotopic (exact) mass is 347 g/mol. The average molecular weight is 347 g/mol. The van der Waals surface area contributed by atoms with E-state index in [9.17, 15) is 9.59 Å². The number of rotatable bonds is 4. The maximum absolute atomic E-state index is 12.9. The fraction of sp³-hybridized carbons (Fsp3) is 0.190. The van der Waals surface area contributed by atoms with Crippen LogP contribution in [0.25, 0.3) is 0 Å². The second-order valence-electron chi connectivity index (χ2n) is 6.41. The van der Waals surface area contributed by atoms with Gasteiger partial charge in [0.1, 0.15) is 5.56 Å². The molecule has 0 saturated heterocycles. The van der Waals surface area contributed by atoms with Crippen molar-refractivity contribution in [3.63, 3.8) is 0 Å². The summed E-state index contributed by atoms with van der Waals surface area (Å²) in [6, 6.07) is 12.7. The van der Waals surface area contributed by atoms with Gasteiger partial charge in [0, 0.05) is 29.8 Å². The Morgan fingerprint density at radius 2 is 1.62 bits per heavy atom. The van der Waals surface area contributed by atoms with Crippen molar-refractivity contribution in [2.45, 2.75) is 26.8 Å². The maximum Gasteiger partial charge on any atom is 0.257 e. The topological polar surface area (TPSA) is 74.8 Å². The molecule has 2 heterocycles. The number of aromatic nitrogens is 2. The lowest BCUT2D eigenvalue weighted by molar-refractivity contribution is 0.0941. The van der Waals surface area contributed by atoms with Crippen LogP contribution in [0.5, 0.6) is 0 Å². The number of H-pyrrole nitrogens is 1. The zero-order valence-corrected chi connectivity index (χ0v) is 15.0. The van der Waals surface area contributed by atoms with Crippen LogP contribution in [0.3, 0.4) is 0 Å². The fourth-order valence-corrected chi connectivity index (χ4v) is 3.01. The Bertz CT molecular complexity index is 976. The van der Waals surface area contributed by atoms with Gasteiger partial charge in [-0.3, -0.25) is 14.6 Å². The van der Waals surface area contributed by atoms with E-state index >= 15 is 0 Å². The van der Waals surface area contributed by atoms with E-state index in [0.717, 1.165) is 22.4 Å². The van der Waals surface area contributed by atoms with E-state index in [-0.39, 0.29) is 17.0 Å². The van der Waals surface area contributed by atoms with Gasteiger partial charge < -0.3 is 10.3 Å². The summed E-state index contributed by atoms with van der Waals surface area (Å²) >= 11 is 0. The number of pyridine rings is 2. The number of hydrogen-bond donors (Lipinski definition) is 2. The highest BCUT2D eigenvalue weighted by Crippen LogP contribution is 2.22. The molecule has 0 aliphatic heterocycles. The van der Waals surface area contributed by atoms with Crippen molar-refractivity contribution in [2.75, 3.05) is 0 Å². The van der Waals surface area contributed by atoms with Crippen LogP contribution < -0.4 is 10.7 Å². The van der Waals surface area contributed by atoms with E-state index < -0.39 is 5.91 Å². The number of nitrogens with zero attached hydrogens (tertiary/aromatic N) is 1. The first kappa shape index (κ1) is 17.6. The normalized spacial score (nSPS) is 11.8. The molecular formula is C21H21N3O2. The molecule has 0 aliphatic carbocycles. The molecule has 0 fully saturated rings. The smallest absolute Gasteiger partial charge is 0.257 e. The SMILES string of the molecule is Cc1ccc([C@@H](NC(=O)c2c(C)[nH]c(C)cc2=O)c2ccncc2)cc1. The molecule has 0 aliphatic rings. The molecule has 132 valence electrons. The first-order valence-corrected chi connectivity index (χ1v) is 8.43. The summed E-state index contributed by atoms with van der Waals surface area (Å²) in [5.74, 6) is -0.397. The summed E-state index contributed by atoms with van der Waals surface area (Å²) in [5.41, 5.74) is 4.13. The molecule has 0 radical (unpaired) electrons. The zero-order valence-electron chi connectivity index (χ0n) is 15.0. The summed E-state index contributed by atoms with van der Waals surface area (Å²) < 4.78 is 0. The molecule has 1 amide bonds. The second kappa shape index (κ2) is 7.35. The Balaban J connectivity index is 2.00. The zero-order chi connectivity index (χ0) is 18.7. The maximum atomic E-state index is 12.9. The number of amides is 1. The Morgan fingerprint density at radius 3 is 2.23 bits per heavy atom. The summed E-state index contributed by atoms with van der Waals surface area (Å²) in [4.78, 5) is 32.3. The van der Waals surface area contributed by atoms with Gasteiger partial charge in [-0.2, -0.15) is 0 Å². The van der Waals surface area contributed by atoms with Crippen molar-refractivity contribution in [3.8, 4) is 0 Å². The van der Waals surface area contributed by atoms with Crippen LogP contribution >= 0.6 is 0 Å². The number of aryl methyl sites for hydroxylation is 3. The molecule has 2 aromatic heterocycles. The quantitative estimate of drug-likeness (QED) is 0.761. The van der Waals surface area contributed by atoms with Gasteiger partial charge in [-0.1, -0.05) is 29.8 Å². The predicted molar refractivity (Wildman–Crippen MR) is 101 cm³/mol. The summed E-state index contributed by atoms with van der Waals surface area (Å²) in [5, 5.41) is 3.00. The Labute approximate surface area is 152 Å². The second-order valence-corrected chi connectivity index (χ2v) is 6.41. The molecule has 0 bridgehead atoms. The third kappa shape index (κ3) is 3.72. The lowest BCUT2D eigenvalue weighted by atomic mass is 9.98. The van der Waals surface area contributed by atoms with Gasteiger partial charge in [0.15, 0.2) is 5.43 Å².